The van der Waals surface area contributed by atoms with Crippen molar-refractivity contribution in [2.45, 2.75) is 6.23 Å². The first-order valence-electron chi connectivity index (χ1n) is 4.53. The van der Waals surface area contributed by atoms with Crippen LogP contribution in [-0.2, 0) is 4.74 Å². The Kier molecular flexibility index (Phi) is 5.32. The van der Waals surface area contributed by atoms with Crippen LogP contribution in [0.25, 0.3) is 0 Å². The van der Waals surface area contributed by atoms with Crippen molar-refractivity contribution >= 4 is 23.0 Å². The number of carbonyl (C=O) groups is 1. The Morgan fingerprint density at radius 2 is 2.24 bits per heavy atom. The number of hydrogen-bond acceptors (Lipinski definition) is 6. The van der Waals surface area contributed by atoms with E-state index in [0.29, 0.717) is 16.4 Å². The molecule has 0 saturated heterocycles. The van der Waals surface area contributed by atoms with E-state index < -0.39 is 12.4 Å². The molecule has 0 fully saturated rings. The minimum Gasteiger partial charge on any atom is -0.524 e. The van der Waals surface area contributed by atoms with Crippen molar-refractivity contribution in [2.24, 2.45) is 4.99 Å². The summed E-state index contributed by atoms with van der Waals surface area (Å²) in [5.41, 5.74) is 0.581. The number of aromatic hydroxyl groups is 1. The van der Waals surface area contributed by atoms with Crippen LogP contribution in [0.3, 0.4) is 0 Å². The summed E-state index contributed by atoms with van der Waals surface area (Å²) in [4.78, 5) is 14.2. The van der Waals surface area contributed by atoms with Crippen LogP contribution in [0.1, 0.15) is 5.56 Å². The first-order chi connectivity index (χ1) is 7.66. The third-order valence-corrected chi connectivity index (χ3v) is 3.04. The van der Waals surface area contributed by atoms with Gasteiger partial charge in [-0.15, -0.1) is 11.8 Å². The summed E-state index contributed by atoms with van der Waals surface area (Å²) in [5.74, 6) is 0.514. The van der Waals surface area contributed by atoms with Crippen LogP contribution < -0.4 is 34.7 Å². The second-order valence-electron chi connectivity index (χ2n) is 3.08. The molecule has 17 heavy (non-hydrogen) atoms. The van der Waals surface area contributed by atoms with E-state index in [0.717, 1.165) is 0 Å². The summed E-state index contributed by atoms with van der Waals surface area (Å²) >= 11 is 1.33. The smallest absolute Gasteiger partial charge is 0.524 e. The van der Waals surface area contributed by atoms with E-state index >= 15 is 0 Å². The number of carbonyl (C=O) groups excluding carboxylic acids is 1. The number of nitrogens with zero attached hydrogens (tertiary/aromatic N) is 1. The fourth-order valence-electron chi connectivity index (χ4n) is 1.33. The van der Waals surface area contributed by atoms with E-state index in [1.54, 1.807) is 24.3 Å². The monoisotopic (exact) mass is 261 g/mol. The van der Waals surface area contributed by atoms with Crippen LogP contribution in [0.2, 0.25) is 0 Å². The average molecular weight is 261 g/mol. The summed E-state index contributed by atoms with van der Waals surface area (Å²) in [6.45, 7) is 0. The van der Waals surface area contributed by atoms with E-state index in [1.807, 2.05) is 0 Å². The molecule has 0 amide bonds. The van der Waals surface area contributed by atoms with E-state index in [2.05, 4.69) is 9.73 Å². The molecular weight excluding hydrogens is 253 g/mol. The second kappa shape index (κ2) is 6.30. The minimum atomic E-state index is -1.59. The number of ether oxygens (including phenoxy) is 1. The second-order valence-corrected chi connectivity index (χ2v) is 4.09. The molecule has 5 nitrogen and oxygen atoms in total. The third kappa shape index (κ3) is 3.64. The summed E-state index contributed by atoms with van der Waals surface area (Å²) in [7, 11) is 0. The van der Waals surface area contributed by atoms with Gasteiger partial charge in [0.25, 0.3) is 6.16 Å². The predicted molar refractivity (Wildman–Crippen MR) is 57.4 cm³/mol. The van der Waals surface area contributed by atoms with Crippen molar-refractivity contribution in [2.75, 3.05) is 5.75 Å². The van der Waals surface area contributed by atoms with Crippen LogP contribution in [0.5, 0.6) is 5.75 Å². The molecule has 0 spiro atoms. The molecule has 1 aromatic rings. The third-order valence-electron chi connectivity index (χ3n) is 1.99. The number of carboxylic acid groups (broad SMARTS) is 1. The van der Waals surface area contributed by atoms with Crippen molar-refractivity contribution < 1.29 is 49.3 Å². The predicted octanol–water partition coefficient (Wildman–Crippen LogP) is -2.42. The zero-order valence-electron chi connectivity index (χ0n) is 9.12. The Balaban J connectivity index is 0.00000144. The largest absolute Gasteiger partial charge is 1.00 e. The maximum Gasteiger partial charge on any atom is 1.00 e. The SMILES string of the molecule is O=C([O-])OC1CSC(c2ccccc2O)=N1.[Na+]. The maximum absolute atomic E-state index is 10.2. The van der Waals surface area contributed by atoms with Crippen LogP contribution in [0, 0.1) is 0 Å². The Labute approximate surface area is 124 Å². The number of rotatable bonds is 2. The Bertz CT molecular complexity index is 452. The number of phenols is 1. The van der Waals surface area contributed by atoms with E-state index in [1.165, 1.54) is 11.8 Å². The van der Waals surface area contributed by atoms with Gasteiger partial charge in [0.15, 0.2) is 0 Å². The quantitative estimate of drug-likeness (QED) is 0.473. The van der Waals surface area contributed by atoms with Gasteiger partial charge in [-0.1, -0.05) is 12.1 Å². The molecule has 1 aromatic carbocycles. The first-order valence-corrected chi connectivity index (χ1v) is 5.52. The topological polar surface area (TPSA) is 82.0 Å². The Hall–Kier alpha value is -0.690. The van der Waals surface area contributed by atoms with Crippen LogP contribution in [-0.4, -0.2) is 28.3 Å². The number of thioether (sulfide) groups is 1. The zero-order valence-corrected chi connectivity index (χ0v) is 11.9. The molecule has 0 bridgehead atoms. The molecule has 0 radical (unpaired) electrons. The number of hydrogen-bond donors (Lipinski definition) is 1. The van der Waals surface area contributed by atoms with Crippen LogP contribution in [0.15, 0.2) is 29.3 Å². The zero-order chi connectivity index (χ0) is 11.5. The van der Waals surface area contributed by atoms with Gasteiger partial charge in [0.1, 0.15) is 17.0 Å². The number of phenolic OH excluding ortho intramolecular Hbond substituents is 1. The molecule has 0 aliphatic carbocycles. The standard InChI is InChI=1S/C10H9NO4S.Na/c12-7-4-2-1-3-6(7)9-11-8(5-16-9)15-10(13)14;/h1-4,8,12H,5H2,(H,13,14);/q;+1/p-1. The fraction of sp³-hybridized carbons (Fsp3) is 0.200. The van der Waals surface area contributed by atoms with Crippen molar-refractivity contribution in [3.05, 3.63) is 29.8 Å². The molecular formula is C10H8NNaO4S. The Morgan fingerprint density at radius 1 is 1.53 bits per heavy atom. The number of benzene rings is 1. The van der Waals surface area contributed by atoms with Gasteiger partial charge in [0.2, 0.25) is 0 Å². The van der Waals surface area contributed by atoms with Gasteiger partial charge in [-0.2, -0.15) is 0 Å². The van der Waals surface area contributed by atoms with Crippen molar-refractivity contribution in [1.29, 1.82) is 0 Å². The van der Waals surface area contributed by atoms with Gasteiger partial charge in [0.05, 0.1) is 0 Å². The number of aliphatic imine (C=N–C) groups is 1. The molecule has 0 aromatic heterocycles. The maximum atomic E-state index is 10.2. The molecule has 84 valence electrons. The number of para-hydroxylation sites is 1. The molecule has 2 rings (SSSR count). The summed E-state index contributed by atoms with van der Waals surface area (Å²) in [6, 6.07) is 6.73. The van der Waals surface area contributed by atoms with Crippen molar-refractivity contribution in [3.63, 3.8) is 0 Å². The summed E-state index contributed by atoms with van der Waals surface area (Å²) in [5, 5.41) is 20.4. The van der Waals surface area contributed by atoms with Crippen molar-refractivity contribution in [3.8, 4) is 5.75 Å². The van der Waals surface area contributed by atoms with E-state index in [4.69, 9.17) is 0 Å². The average Bonchev–Trinajstić information content (AvgIpc) is 2.66. The first kappa shape index (κ1) is 14.4. The molecule has 1 N–H and O–H groups in total. The molecule has 1 atom stereocenters. The molecule has 0 saturated carbocycles. The molecule has 7 heteroatoms. The van der Waals surface area contributed by atoms with Gasteiger partial charge in [-0.3, -0.25) is 4.99 Å². The molecule has 1 aliphatic rings. The van der Waals surface area contributed by atoms with Crippen LogP contribution >= 0.6 is 11.8 Å². The van der Waals surface area contributed by atoms with Crippen LogP contribution in [0.4, 0.5) is 4.79 Å². The van der Waals surface area contributed by atoms with Gasteiger partial charge in [-0.25, -0.2) is 0 Å². The normalized spacial score (nSPS) is 18.1. The Morgan fingerprint density at radius 3 is 2.88 bits per heavy atom. The summed E-state index contributed by atoms with van der Waals surface area (Å²) in [6.07, 6.45) is -2.34. The molecule has 1 unspecified atom stereocenters. The molecule has 1 heterocycles. The van der Waals surface area contributed by atoms with E-state index in [-0.39, 0.29) is 35.3 Å². The van der Waals surface area contributed by atoms with Gasteiger partial charge in [-0.05, 0) is 12.1 Å². The van der Waals surface area contributed by atoms with Crippen molar-refractivity contribution in [1.82, 2.24) is 0 Å². The van der Waals surface area contributed by atoms with Gasteiger partial charge in [0, 0.05) is 11.3 Å². The fourth-order valence-corrected chi connectivity index (χ4v) is 2.29. The van der Waals surface area contributed by atoms with Gasteiger partial charge >= 0.3 is 29.6 Å². The van der Waals surface area contributed by atoms with E-state index in [9.17, 15) is 15.0 Å². The summed E-state index contributed by atoms with van der Waals surface area (Å²) < 4.78 is 4.42. The van der Waals surface area contributed by atoms with Gasteiger partial charge < -0.3 is 19.7 Å². The molecule has 1 aliphatic heterocycles. The minimum absolute atomic E-state index is 0.